The average Bonchev–Trinajstić information content (AvgIpc) is 3.19. The van der Waals surface area contributed by atoms with Crippen molar-refractivity contribution in [2.75, 3.05) is 9.80 Å². The summed E-state index contributed by atoms with van der Waals surface area (Å²) in [5.74, 6) is 3.75. The molecule has 0 bridgehead atoms. The zero-order chi connectivity index (χ0) is 35.2. The molecule has 7 aromatic carbocycles. The molecule has 0 atom stereocenters. The second kappa shape index (κ2) is 12.1. The van der Waals surface area contributed by atoms with E-state index in [1.807, 2.05) is 0 Å². The SMILES string of the molecule is CCCCc1cc2c3c(c1)N(c1ccccc1)c1cc4c(cc1B3c1ccccc1O2)B1c2ccccc2Oc2cc(I)cc(c21)N4c1ccccc1. The Hall–Kier alpha value is -5.40. The lowest BCUT2D eigenvalue weighted by molar-refractivity contribution is 0.486. The molecule has 0 unspecified atom stereocenters. The third kappa shape index (κ3) is 4.69. The van der Waals surface area contributed by atoms with Crippen molar-refractivity contribution < 1.29 is 9.47 Å². The highest BCUT2D eigenvalue weighted by Gasteiger charge is 2.47. The normalized spacial score (nSPS) is 13.8. The molecule has 53 heavy (non-hydrogen) atoms. The molecule has 0 aliphatic carbocycles. The maximum atomic E-state index is 6.85. The number of anilines is 6. The topological polar surface area (TPSA) is 24.9 Å². The third-order valence-electron chi connectivity index (χ3n) is 11.4. The quantitative estimate of drug-likeness (QED) is 0.129. The number of hydrogen-bond acceptors (Lipinski definition) is 4. The summed E-state index contributed by atoms with van der Waals surface area (Å²) in [5, 5.41) is 0. The molecule has 0 N–H and O–H groups in total. The number of rotatable bonds is 5. The Balaban J connectivity index is 1.26. The summed E-state index contributed by atoms with van der Waals surface area (Å²) in [6.45, 7) is 2.27. The monoisotopic (exact) mass is 794 g/mol. The molecule has 0 fully saturated rings. The van der Waals surface area contributed by atoms with Crippen LogP contribution < -0.4 is 52.1 Å². The van der Waals surface area contributed by atoms with Gasteiger partial charge in [-0.25, -0.2) is 0 Å². The van der Waals surface area contributed by atoms with Crippen molar-refractivity contribution in [1.82, 2.24) is 0 Å². The Morgan fingerprint density at radius 2 is 1.00 bits per heavy atom. The van der Waals surface area contributed by atoms with Crippen LogP contribution in [-0.2, 0) is 6.42 Å². The molecule has 0 spiro atoms. The fraction of sp³-hybridized carbons (Fsp3) is 0.0870. The number of halogens is 1. The Labute approximate surface area is 324 Å². The van der Waals surface area contributed by atoms with Gasteiger partial charge in [-0.05, 0) is 141 Å². The van der Waals surface area contributed by atoms with Crippen LogP contribution in [0.5, 0.6) is 23.0 Å². The van der Waals surface area contributed by atoms with Crippen LogP contribution in [0.15, 0.2) is 146 Å². The molecule has 11 rings (SSSR count). The van der Waals surface area contributed by atoms with Gasteiger partial charge >= 0.3 is 0 Å². The van der Waals surface area contributed by atoms with Crippen molar-refractivity contribution in [2.24, 2.45) is 0 Å². The van der Waals surface area contributed by atoms with Gasteiger partial charge in [0.2, 0.25) is 0 Å². The van der Waals surface area contributed by atoms with E-state index >= 15 is 0 Å². The molecule has 0 radical (unpaired) electrons. The standard InChI is InChI=1S/C46H33B2IN2O2/c1-2-3-14-29-23-39-45-43(24-29)52-41-21-12-10-19-33(41)47(45)35-27-36-38(28-37(35)50(39)31-15-6-4-7-16-31)51(32-17-8-5-9-18-32)40-25-30(49)26-44-46(40)48(36)34-20-11-13-22-42(34)53-44/h4-13,15-28H,2-3,14H2,1H3. The number of ether oxygens (including phenoxy) is 2. The van der Waals surface area contributed by atoms with Gasteiger partial charge in [-0.1, -0.05) is 92.2 Å². The van der Waals surface area contributed by atoms with Crippen LogP contribution >= 0.6 is 22.6 Å². The summed E-state index contributed by atoms with van der Waals surface area (Å²) >= 11 is 2.44. The molecular weight excluding hydrogens is 761 g/mol. The summed E-state index contributed by atoms with van der Waals surface area (Å²) in [6.07, 6.45) is 3.28. The number of hydrogen-bond donors (Lipinski definition) is 0. The Bertz CT molecular complexity index is 2610. The molecule has 0 saturated heterocycles. The molecular formula is C46H33B2IN2O2. The summed E-state index contributed by atoms with van der Waals surface area (Å²) in [5.41, 5.74) is 15.7. The van der Waals surface area contributed by atoms with Gasteiger partial charge in [-0.2, -0.15) is 0 Å². The van der Waals surface area contributed by atoms with Crippen molar-refractivity contribution in [1.29, 1.82) is 0 Å². The third-order valence-corrected chi connectivity index (χ3v) is 12.0. The van der Waals surface area contributed by atoms with E-state index in [1.54, 1.807) is 0 Å². The minimum absolute atomic E-state index is 0.000223. The molecule has 0 aromatic heterocycles. The number of nitrogens with zero attached hydrogens (tertiary/aromatic N) is 2. The first-order valence-corrected chi connectivity index (χ1v) is 19.7. The molecule has 7 heteroatoms. The van der Waals surface area contributed by atoms with Gasteiger partial charge in [0.25, 0.3) is 13.4 Å². The van der Waals surface area contributed by atoms with Gasteiger partial charge in [-0.3, -0.25) is 0 Å². The fourth-order valence-electron chi connectivity index (χ4n) is 9.14. The van der Waals surface area contributed by atoms with E-state index < -0.39 is 0 Å². The van der Waals surface area contributed by atoms with Crippen molar-refractivity contribution >= 4 is 103 Å². The second-order valence-corrected chi connectivity index (χ2v) is 15.7. The fourth-order valence-corrected chi connectivity index (χ4v) is 9.72. The summed E-state index contributed by atoms with van der Waals surface area (Å²) < 4.78 is 14.7. The van der Waals surface area contributed by atoms with Crippen molar-refractivity contribution in [3.63, 3.8) is 0 Å². The number of benzene rings is 7. The van der Waals surface area contributed by atoms with Gasteiger partial charge in [-0.15, -0.1) is 0 Å². The van der Waals surface area contributed by atoms with Crippen molar-refractivity contribution in [2.45, 2.75) is 26.2 Å². The highest BCUT2D eigenvalue weighted by molar-refractivity contribution is 14.1. The van der Waals surface area contributed by atoms with Gasteiger partial charge in [0, 0.05) is 37.7 Å². The lowest BCUT2D eigenvalue weighted by atomic mass is 9.31. The number of para-hydroxylation sites is 4. The van der Waals surface area contributed by atoms with E-state index in [9.17, 15) is 0 Å². The molecule has 7 aromatic rings. The van der Waals surface area contributed by atoms with Gasteiger partial charge < -0.3 is 19.3 Å². The van der Waals surface area contributed by atoms with Crippen LogP contribution in [0.1, 0.15) is 25.3 Å². The van der Waals surface area contributed by atoms with E-state index in [1.165, 1.54) is 55.4 Å². The van der Waals surface area contributed by atoms with Crippen LogP contribution in [0.25, 0.3) is 0 Å². The predicted octanol–water partition coefficient (Wildman–Crippen LogP) is 8.44. The van der Waals surface area contributed by atoms with E-state index in [0.29, 0.717) is 0 Å². The average molecular weight is 794 g/mol. The molecule has 4 aliphatic heterocycles. The van der Waals surface area contributed by atoms with E-state index in [4.69, 9.17) is 9.47 Å². The maximum Gasteiger partial charge on any atom is 0.256 e. The van der Waals surface area contributed by atoms with Crippen LogP contribution in [0.2, 0.25) is 0 Å². The molecule has 252 valence electrons. The van der Waals surface area contributed by atoms with Gasteiger partial charge in [0.1, 0.15) is 23.0 Å². The van der Waals surface area contributed by atoms with Crippen LogP contribution in [0.3, 0.4) is 0 Å². The van der Waals surface area contributed by atoms with Crippen LogP contribution in [-0.4, -0.2) is 13.4 Å². The van der Waals surface area contributed by atoms with E-state index in [0.717, 1.165) is 62.9 Å². The molecule has 4 heterocycles. The van der Waals surface area contributed by atoms with Crippen molar-refractivity contribution in [3.05, 3.63) is 155 Å². The smallest absolute Gasteiger partial charge is 0.256 e. The largest absolute Gasteiger partial charge is 0.458 e. The van der Waals surface area contributed by atoms with E-state index in [-0.39, 0.29) is 13.4 Å². The van der Waals surface area contributed by atoms with Crippen LogP contribution in [0, 0.1) is 3.57 Å². The highest BCUT2D eigenvalue weighted by Crippen LogP contribution is 2.46. The van der Waals surface area contributed by atoms with Crippen molar-refractivity contribution in [3.8, 4) is 23.0 Å². The number of unbranched alkanes of at least 4 members (excludes halogenated alkanes) is 1. The minimum atomic E-state index is -0.000223. The lowest BCUT2D eigenvalue weighted by Gasteiger charge is -2.44. The first kappa shape index (κ1) is 31.2. The first-order chi connectivity index (χ1) is 26.2. The zero-order valence-electron chi connectivity index (χ0n) is 29.2. The Morgan fingerprint density at radius 1 is 0.491 bits per heavy atom. The maximum absolute atomic E-state index is 6.85. The molecule has 4 aliphatic rings. The zero-order valence-corrected chi connectivity index (χ0v) is 31.4. The molecule has 0 amide bonds. The predicted molar refractivity (Wildman–Crippen MR) is 229 cm³/mol. The minimum Gasteiger partial charge on any atom is -0.458 e. The first-order valence-electron chi connectivity index (χ1n) is 18.6. The summed E-state index contributed by atoms with van der Waals surface area (Å²) in [7, 11) is 0. The van der Waals surface area contributed by atoms with E-state index in [2.05, 4.69) is 185 Å². The molecule has 4 nitrogen and oxygen atoms in total. The Morgan fingerprint density at radius 3 is 1.57 bits per heavy atom. The summed E-state index contributed by atoms with van der Waals surface area (Å²) in [4.78, 5) is 4.96. The van der Waals surface area contributed by atoms with Gasteiger partial charge in [0.15, 0.2) is 0 Å². The highest BCUT2D eigenvalue weighted by atomic mass is 127. The Kier molecular flexibility index (Phi) is 7.10. The number of fused-ring (bicyclic) bond motifs is 8. The second-order valence-electron chi connectivity index (χ2n) is 14.4. The summed E-state index contributed by atoms with van der Waals surface area (Å²) in [6, 6.07) is 53.2. The van der Waals surface area contributed by atoms with Gasteiger partial charge in [0.05, 0.1) is 0 Å². The van der Waals surface area contributed by atoms with Crippen LogP contribution in [0.4, 0.5) is 34.1 Å². The molecule has 0 saturated carbocycles. The lowest BCUT2D eigenvalue weighted by Crippen LogP contribution is -2.63. The number of aryl methyl sites for hydroxylation is 1.